The van der Waals surface area contributed by atoms with Gasteiger partial charge >= 0.3 is 6.03 Å². The first-order chi connectivity index (χ1) is 20.0. The van der Waals surface area contributed by atoms with E-state index in [1.54, 1.807) is 29.2 Å². The molecule has 1 aliphatic heterocycles. The van der Waals surface area contributed by atoms with E-state index in [1.807, 2.05) is 54.6 Å². The van der Waals surface area contributed by atoms with Crippen molar-refractivity contribution in [3.05, 3.63) is 102 Å². The van der Waals surface area contributed by atoms with Crippen LogP contribution in [0, 0.1) is 11.3 Å². The van der Waals surface area contributed by atoms with Crippen LogP contribution >= 0.6 is 11.8 Å². The second-order valence-corrected chi connectivity index (χ2v) is 10.7. The van der Waals surface area contributed by atoms with Crippen molar-refractivity contribution in [2.45, 2.75) is 18.3 Å². The SMILES string of the molecule is N#CCNC(=O)C(CSCc1ccccc1)NC(=O)c1cccc(NC(=O)N2CCN(Cc3ccccc3)CC2)c1. The molecule has 0 bridgehead atoms. The van der Waals surface area contributed by atoms with Crippen LogP contribution in [0.15, 0.2) is 84.9 Å². The summed E-state index contributed by atoms with van der Waals surface area (Å²) in [7, 11) is 0. The van der Waals surface area contributed by atoms with Gasteiger partial charge < -0.3 is 20.9 Å². The molecular weight excluding hydrogens is 536 g/mol. The molecule has 3 aromatic carbocycles. The Hall–Kier alpha value is -4.33. The number of nitrogens with zero attached hydrogens (tertiary/aromatic N) is 3. The molecule has 3 N–H and O–H groups in total. The van der Waals surface area contributed by atoms with Gasteiger partial charge in [-0.15, -0.1) is 0 Å². The number of anilines is 1. The van der Waals surface area contributed by atoms with E-state index >= 15 is 0 Å². The minimum absolute atomic E-state index is 0.142. The molecule has 0 aliphatic carbocycles. The van der Waals surface area contributed by atoms with Crippen LogP contribution in [0.5, 0.6) is 0 Å². The second-order valence-electron chi connectivity index (χ2n) is 9.66. The van der Waals surface area contributed by atoms with Crippen LogP contribution in [0.2, 0.25) is 0 Å². The highest BCUT2D eigenvalue weighted by Crippen LogP contribution is 2.16. The molecule has 1 fully saturated rings. The summed E-state index contributed by atoms with van der Waals surface area (Å²) in [5.74, 6) is 0.162. The fourth-order valence-corrected chi connectivity index (χ4v) is 5.45. The lowest BCUT2D eigenvalue weighted by Crippen LogP contribution is -2.49. The number of benzene rings is 3. The molecule has 4 amide bonds. The Balaban J connectivity index is 1.30. The number of rotatable bonds is 11. The van der Waals surface area contributed by atoms with Crippen LogP contribution in [0.1, 0.15) is 21.5 Å². The summed E-state index contributed by atoms with van der Waals surface area (Å²) in [6.45, 7) is 3.49. The largest absolute Gasteiger partial charge is 0.341 e. The zero-order valence-electron chi connectivity index (χ0n) is 22.8. The highest BCUT2D eigenvalue weighted by Gasteiger charge is 2.23. The zero-order chi connectivity index (χ0) is 28.9. The number of nitrogens with one attached hydrogen (secondary N) is 3. The molecule has 0 radical (unpaired) electrons. The third kappa shape index (κ3) is 9.38. The van der Waals surface area contributed by atoms with E-state index in [2.05, 4.69) is 33.0 Å². The number of hydrogen-bond donors (Lipinski definition) is 3. The van der Waals surface area contributed by atoms with Crippen molar-refractivity contribution in [3.8, 4) is 6.07 Å². The molecule has 10 heteroatoms. The average Bonchev–Trinajstić information content (AvgIpc) is 3.01. The topological polar surface area (TPSA) is 118 Å². The maximum Gasteiger partial charge on any atom is 0.321 e. The zero-order valence-corrected chi connectivity index (χ0v) is 23.6. The van der Waals surface area contributed by atoms with Crippen LogP contribution in [-0.4, -0.2) is 72.2 Å². The third-order valence-electron chi connectivity index (χ3n) is 6.64. The Bertz CT molecular complexity index is 1340. The van der Waals surface area contributed by atoms with Gasteiger partial charge in [0.2, 0.25) is 5.91 Å². The van der Waals surface area contributed by atoms with Crippen molar-refractivity contribution in [1.82, 2.24) is 20.4 Å². The van der Waals surface area contributed by atoms with Crippen LogP contribution in [0.25, 0.3) is 0 Å². The van der Waals surface area contributed by atoms with Gasteiger partial charge in [-0.2, -0.15) is 17.0 Å². The van der Waals surface area contributed by atoms with Gasteiger partial charge in [0, 0.05) is 55.5 Å². The van der Waals surface area contributed by atoms with Crippen LogP contribution in [0.4, 0.5) is 10.5 Å². The lowest BCUT2D eigenvalue weighted by Gasteiger charge is -2.34. The number of hydrogen-bond acceptors (Lipinski definition) is 6. The normalized spacial score (nSPS) is 14.0. The van der Waals surface area contributed by atoms with Gasteiger partial charge in [-0.05, 0) is 29.3 Å². The Labute approximate surface area is 244 Å². The highest BCUT2D eigenvalue weighted by atomic mass is 32.2. The molecule has 212 valence electrons. The standard InChI is InChI=1S/C31H34N6O3S/c32-14-15-33-30(39)28(23-41-22-25-10-5-2-6-11-25)35-29(38)26-12-7-13-27(20-26)34-31(40)37-18-16-36(17-19-37)21-24-8-3-1-4-9-24/h1-13,20,28H,15-19,21-23H2,(H,33,39)(H,34,40)(H,35,38). The van der Waals surface area contributed by atoms with Crippen molar-refractivity contribution < 1.29 is 14.4 Å². The van der Waals surface area contributed by atoms with E-state index in [-0.39, 0.29) is 12.6 Å². The molecule has 0 aromatic heterocycles. The smallest absolute Gasteiger partial charge is 0.321 e. The molecule has 3 aromatic rings. The molecule has 1 atom stereocenters. The molecular formula is C31H34N6O3S. The number of carbonyl (C=O) groups excluding carboxylic acids is 3. The van der Waals surface area contributed by atoms with E-state index in [9.17, 15) is 14.4 Å². The summed E-state index contributed by atoms with van der Waals surface area (Å²) in [5, 5.41) is 17.1. The predicted molar refractivity (Wildman–Crippen MR) is 161 cm³/mol. The van der Waals surface area contributed by atoms with Gasteiger partial charge in [-0.25, -0.2) is 4.79 Å². The monoisotopic (exact) mass is 570 g/mol. The molecule has 9 nitrogen and oxygen atoms in total. The minimum Gasteiger partial charge on any atom is -0.341 e. The van der Waals surface area contributed by atoms with Crippen LogP contribution in [-0.2, 0) is 17.1 Å². The summed E-state index contributed by atoms with van der Waals surface area (Å²) < 4.78 is 0. The van der Waals surface area contributed by atoms with Crippen molar-refractivity contribution in [3.63, 3.8) is 0 Å². The first kappa shape index (κ1) is 29.6. The molecule has 1 unspecified atom stereocenters. The van der Waals surface area contributed by atoms with E-state index in [1.165, 1.54) is 17.3 Å². The summed E-state index contributed by atoms with van der Waals surface area (Å²) in [6.07, 6.45) is 0. The molecule has 41 heavy (non-hydrogen) atoms. The maximum absolute atomic E-state index is 13.1. The molecule has 1 aliphatic rings. The number of piperazine rings is 1. The Kier molecular flexibility index (Phi) is 11.2. The summed E-state index contributed by atoms with van der Waals surface area (Å²) in [4.78, 5) is 42.8. The van der Waals surface area contributed by atoms with E-state index in [0.717, 1.165) is 25.2 Å². The molecule has 0 saturated carbocycles. The van der Waals surface area contributed by atoms with Gasteiger partial charge in [-0.3, -0.25) is 14.5 Å². The van der Waals surface area contributed by atoms with Crippen molar-refractivity contribution in [1.29, 1.82) is 5.26 Å². The first-order valence-electron chi connectivity index (χ1n) is 13.5. The van der Waals surface area contributed by atoms with Crippen LogP contribution < -0.4 is 16.0 Å². The lowest BCUT2D eigenvalue weighted by atomic mass is 10.1. The van der Waals surface area contributed by atoms with Gasteiger partial charge in [0.1, 0.15) is 12.6 Å². The molecule has 1 heterocycles. The highest BCUT2D eigenvalue weighted by molar-refractivity contribution is 7.98. The van der Waals surface area contributed by atoms with E-state index in [4.69, 9.17) is 5.26 Å². The lowest BCUT2D eigenvalue weighted by molar-refractivity contribution is -0.122. The van der Waals surface area contributed by atoms with Crippen molar-refractivity contribution in [2.24, 2.45) is 0 Å². The quantitative estimate of drug-likeness (QED) is 0.303. The summed E-state index contributed by atoms with van der Waals surface area (Å²) in [5.41, 5.74) is 3.18. The minimum atomic E-state index is -0.824. The first-order valence-corrected chi connectivity index (χ1v) is 14.7. The number of thioether (sulfide) groups is 1. The Morgan fingerprint density at radius 1 is 0.878 bits per heavy atom. The fraction of sp³-hybridized carbons (Fsp3) is 0.290. The van der Waals surface area contributed by atoms with Crippen molar-refractivity contribution >= 4 is 35.3 Å². The summed E-state index contributed by atoms with van der Waals surface area (Å²) in [6, 6.07) is 27.6. The summed E-state index contributed by atoms with van der Waals surface area (Å²) >= 11 is 1.52. The molecule has 0 spiro atoms. The Morgan fingerprint density at radius 3 is 2.24 bits per heavy atom. The predicted octanol–water partition coefficient (Wildman–Crippen LogP) is 3.71. The van der Waals surface area contributed by atoms with E-state index in [0.29, 0.717) is 35.8 Å². The van der Waals surface area contributed by atoms with Crippen LogP contribution in [0.3, 0.4) is 0 Å². The maximum atomic E-state index is 13.1. The van der Waals surface area contributed by atoms with Gasteiger partial charge in [0.25, 0.3) is 5.91 Å². The fourth-order valence-electron chi connectivity index (χ4n) is 4.43. The van der Waals surface area contributed by atoms with Gasteiger partial charge in [0.15, 0.2) is 0 Å². The Morgan fingerprint density at radius 2 is 1.56 bits per heavy atom. The number of carbonyl (C=O) groups is 3. The van der Waals surface area contributed by atoms with Crippen molar-refractivity contribution in [2.75, 3.05) is 43.8 Å². The van der Waals surface area contributed by atoms with Gasteiger partial charge in [-0.1, -0.05) is 66.7 Å². The third-order valence-corrected chi connectivity index (χ3v) is 7.75. The van der Waals surface area contributed by atoms with E-state index < -0.39 is 17.9 Å². The molecule has 1 saturated heterocycles. The number of nitriles is 1. The number of amides is 4. The number of urea groups is 1. The molecule has 4 rings (SSSR count). The average molecular weight is 571 g/mol. The second kappa shape index (κ2) is 15.5. The van der Waals surface area contributed by atoms with Gasteiger partial charge in [0.05, 0.1) is 6.07 Å².